The van der Waals surface area contributed by atoms with Gasteiger partial charge < -0.3 is 15.5 Å². The summed E-state index contributed by atoms with van der Waals surface area (Å²) in [5.41, 5.74) is 1.68. The number of carbonyl (C=O) groups is 3. The fourth-order valence-corrected chi connectivity index (χ4v) is 4.32. The Morgan fingerprint density at radius 2 is 1.94 bits per heavy atom. The number of aromatic carboxylic acids is 1. The average molecular weight is 468 g/mol. The van der Waals surface area contributed by atoms with Gasteiger partial charge in [0.2, 0.25) is 5.91 Å². The SMILES string of the molecule is CC(=C/c1ccccc1)/C=C1/SC(=S)N(CCC(=O)Nc2ccc([O-])c(C(=O)O)c2)C1=O. The first-order valence-electron chi connectivity index (χ1n) is 9.57. The molecule has 2 amide bonds. The molecule has 3 rings (SSSR count). The highest BCUT2D eigenvalue weighted by Crippen LogP contribution is 2.32. The Labute approximate surface area is 194 Å². The van der Waals surface area contributed by atoms with Crippen LogP contribution in [0.5, 0.6) is 5.75 Å². The summed E-state index contributed by atoms with van der Waals surface area (Å²) in [6.07, 6.45) is 3.68. The zero-order chi connectivity index (χ0) is 23.3. The molecular formula is C23H19N2O5S2-. The Morgan fingerprint density at radius 1 is 1.22 bits per heavy atom. The van der Waals surface area contributed by atoms with E-state index in [1.807, 2.05) is 43.3 Å². The average Bonchev–Trinajstić information content (AvgIpc) is 3.00. The molecule has 1 saturated heterocycles. The Balaban J connectivity index is 1.61. The molecule has 0 bridgehead atoms. The number of hydrogen-bond donors (Lipinski definition) is 2. The van der Waals surface area contributed by atoms with Gasteiger partial charge in [-0.3, -0.25) is 14.5 Å². The molecule has 32 heavy (non-hydrogen) atoms. The second kappa shape index (κ2) is 10.3. The number of thiocarbonyl (C=S) groups is 1. The van der Waals surface area contributed by atoms with E-state index in [4.69, 9.17) is 17.3 Å². The fraction of sp³-hybridized carbons (Fsp3) is 0.130. The number of thioether (sulfide) groups is 1. The van der Waals surface area contributed by atoms with Crippen molar-refractivity contribution in [1.29, 1.82) is 0 Å². The van der Waals surface area contributed by atoms with Crippen LogP contribution in [0.3, 0.4) is 0 Å². The van der Waals surface area contributed by atoms with E-state index in [9.17, 15) is 19.5 Å². The summed E-state index contributed by atoms with van der Waals surface area (Å²) in [5.74, 6) is -2.71. The van der Waals surface area contributed by atoms with Crippen molar-refractivity contribution in [3.63, 3.8) is 0 Å². The van der Waals surface area contributed by atoms with Crippen LogP contribution in [0, 0.1) is 0 Å². The number of rotatable bonds is 7. The number of carboxylic acid groups (broad SMARTS) is 1. The van der Waals surface area contributed by atoms with Gasteiger partial charge in [-0.25, -0.2) is 4.79 Å². The largest absolute Gasteiger partial charge is 0.872 e. The Morgan fingerprint density at radius 3 is 2.62 bits per heavy atom. The zero-order valence-corrected chi connectivity index (χ0v) is 18.7. The maximum Gasteiger partial charge on any atom is 0.335 e. The molecule has 0 aromatic heterocycles. The van der Waals surface area contributed by atoms with Crippen molar-refractivity contribution in [1.82, 2.24) is 4.90 Å². The lowest BCUT2D eigenvalue weighted by molar-refractivity contribution is -0.268. The lowest BCUT2D eigenvalue weighted by Crippen LogP contribution is -2.31. The van der Waals surface area contributed by atoms with E-state index in [0.717, 1.165) is 23.3 Å². The van der Waals surface area contributed by atoms with E-state index in [1.54, 1.807) is 6.08 Å². The van der Waals surface area contributed by atoms with Crippen molar-refractivity contribution in [3.8, 4) is 5.75 Å². The summed E-state index contributed by atoms with van der Waals surface area (Å²) in [4.78, 5) is 37.9. The number of carbonyl (C=O) groups excluding carboxylic acids is 2. The smallest absolute Gasteiger partial charge is 0.335 e. The van der Waals surface area contributed by atoms with Crippen molar-refractivity contribution >= 4 is 57.8 Å². The van der Waals surface area contributed by atoms with Gasteiger partial charge in [-0.05, 0) is 36.3 Å². The molecule has 164 valence electrons. The van der Waals surface area contributed by atoms with Crippen LogP contribution in [-0.2, 0) is 9.59 Å². The van der Waals surface area contributed by atoms with E-state index >= 15 is 0 Å². The molecule has 1 heterocycles. The number of nitrogens with one attached hydrogen (secondary N) is 1. The molecule has 0 spiro atoms. The summed E-state index contributed by atoms with van der Waals surface area (Å²) in [5, 5.41) is 23.1. The van der Waals surface area contributed by atoms with Gasteiger partial charge in [0.25, 0.3) is 5.91 Å². The van der Waals surface area contributed by atoms with E-state index < -0.39 is 23.2 Å². The molecule has 2 aromatic rings. The third kappa shape index (κ3) is 5.83. The molecule has 0 unspecified atom stereocenters. The van der Waals surface area contributed by atoms with Crippen molar-refractivity contribution in [2.75, 3.05) is 11.9 Å². The fourth-order valence-electron chi connectivity index (χ4n) is 2.97. The highest BCUT2D eigenvalue weighted by Gasteiger charge is 2.32. The minimum absolute atomic E-state index is 0.0416. The second-order valence-corrected chi connectivity index (χ2v) is 8.62. The number of nitrogens with zero attached hydrogens (tertiary/aromatic N) is 1. The number of benzene rings is 2. The second-order valence-electron chi connectivity index (χ2n) is 6.95. The quantitative estimate of drug-likeness (QED) is 0.473. The van der Waals surface area contributed by atoms with Gasteiger partial charge in [0, 0.05) is 18.7 Å². The number of anilines is 1. The van der Waals surface area contributed by atoms with E-state index in [-0.39, 0.29) is 24.6 Å². The van der Waals surface area contributed by atoms with Crippen LogP contribution in [0.4, 0.5) is 5.69 Å². The minimum Gasteiger partial charge on any atom is -0.872 e. The molecule has 0 saturated carbocycles. The Kier molecular flexibility index (Phi) is 7.45. The molecule has 0 aliphatic carbocycles. The van der Waals surface area contributed by atoms with Crippen molar-refractivity contribution in [2.24, 2.45) is 0 Å². The van der Waals surface area contributed by atoms with Crippen LogP contribution in [0.15, 0.2) is 65.1 Å². The highest BCUT2D eigenvalue weighted by atomic mass is 32.2. The standard InChI is InChI=1S/C23H20N2O5S2/c1-14(11-15-5-3-2-4-6-15)12-19-21(28)25(23(31)32-19)10-9-20(27)24-16-7-8-18(26)17(13-16)22(29)30/h2-8,11-13,26H,9-10H2,1H3,(H,24,27)(H,29,30)/p-1/b14-11-,19-12+. The normalized spacial score (nSPS) is 15.3. The molecular weight excluding hydrogens is 448 g/mol. The zero-order valence-electron chi connectivity index (χ0n) is 17.0. The molecule has 1 fully saturated rings. The monoisotopic (exact) mass is 467 g/mol. The first-order valence-corrected chi connectivity index (χ1v) is 10.8. The highest BCUT2D eigenvalue weighted by molar-refractivity contribution is 8.26. The van der Waals surface area contributed by atoms with Crippen molar-refractivity contribution in [2.45, 2.75) is 13.3 Å². The Hall–Kier alpha value is -3.43. The predicted molar refractivity (Wildman–Crippen MR) is 126 cm³/mol. The number of carboxylic acids is 1. The maximum atomic E-state index is 12.7. The lowest BCUT2D eigenvalue weighted by Gasteiger charge is -2.15. The van der Waals surface area contributed by atoms with Crippen molar-refractivity contribution in [3.05, 3.63) is 76.2 Å². The summed E-state index contributed by atoms with van der Waals surface area (Å²) in [7, 11) is 0. The van der Waals surface area contributed by atoms with Crippen LogP contribution in [0.25, 0.3) is 6.08 Å². The van der Waals surface area contributed by atoms with Gasteiger partial charge in [0.15, 0.2) is 0 Å². The molecule has 2 aromatic carbocycles. The maximum absolute atomic E-state index is 12.7. The van der Waals surface area contributed by atoms with Crippen LogP contribution in [0.1, 0.15) is 29.3 Å². The first kappa shape index (κ1) is 23.2. The molecule has 0 radical (unpaired) electrons. The van der Waals surface area contributed by atoms with Gasteiger partial charge in [0.05, 0.1) is 10.5 Å². The van der Waals surface area contributed by atoms with E-state index in [1.165, 1.54) is 22.7 Å². The van der Waals surface area contributed by atoms with Crippen LogP contribution in [0.2, 0.25) is 0 Å². The van der Waals surface area contributed by atoms with Crippen LogP contribution in [-0.4, -0.2) is 38.7 Å². The molecule has 0 atom stereocenters. The van der Waals surface area contributed by atoms with Crippen molar-refractivity contribution < 1.29 is 24.6 Å². The molecule has 1 aliphatic rings. The molecule has 7 nitrogen and oxygen atoms in total. The lowest BCUT2D eigenvalue weighted by atomic mass is 10.1. The third-order valence-corrected chi connectivity index (χ3v) is 5.86. The van der Waals surface area contributed by atoms with E-state index in [2.05, 4.69) is 5.32 Å². The molecule has 9 heteroatoms. The number of hydrogen-bond acceptors (Lipinski definition) is 6. The summed E-state index contributed by atoms with van der Waals surface area (Å²) in [6.45, 7) is 1.98. The summed E-state index contributed by atoms with van der Waals surface area (Å²) < 4.78 is 0.366. The summed E-state index contributed by atoms with van der Waals surface area (Å²) >= 11 is 6.47. The van der Waals surface area contributed by atoms with Gasteiger partial charge in [-0.15, -0.1) is 0 Å². The van der Waals surface area contributed by atoms with Crippen LogP contribution < -0.4 is 10.4 Å². The predicted octanol–water partition coefficient (Wildman–Crippen LogP) is 3.63. The molecule has 1 aliphatic heterocycles. The molecule has 2 N–H and O–H groups in total. The number of allylic oxidation sites excluding steroid dienone is 2. The minimum atomic E-state index is -1.37. The topological polar surface area (TPSA) is 110 Å². The van der Waals surface area contributed by atoms with Gasteiger partial charge in [0.1, 0.15) is 4.32 Å². The van der Waals surface area contributed by atoms with Gasteiger partial charge >= 0.3 is 5.97 Å². The van der Waals surface area contributed by atoms with Gasteiger partial charge in [-0.1, -0.05) is 72.2 Å². The number of amides is 2. The summed E-state index contributed by atoms with van der Waals surface area (Å²) in [6, 6.07) is 13.2. The first-order chi connectivity index (χ1) is 15.2. The Bertz CT molecular complexity index is 1140. The van der Waals surface area contributed by atoms with Crippen LogP contribution >= 0.6 is 24.0 Å². The van der Waals surface area contributed by atoms with E-state index in [0.29, 0.717) is 9.23 Å². The van der Waals surface area contributed by atoms with Gasteiger partial charge in [-0.2, -0.15) is 0 Å². The third-order valence-electron chi connectivity index (χ3n) is 4.48.